The number of anilines is 2. The maximum absolute atomic E-state index is 12.8. The van der Waals surface area contributed by atoms with Gasteiger partial charge in [-0.2, -0.15) is 0 Å². The first-order chi connectivity index (χ1) is 14.7. The average molecular weight is 441 g/mol. The van der Waals surface area contributed by atoms with E-state index in [2.05, 4.69) is 10.0 Å². The van der Waals surface area contributed by atoms with Crippen molar-refractivity contribution < 1.29 is 22.7 Å². The molecular formula is C23H24N2O5S. The molecule has 0 fully saturated rings. The molecule has 8 heteroatoms. The van der Waals surface area contributed by atoms with Crippen molar-refractivity contribution >= 4 is 27.3 Å². The van der Waals surface area contributed by atoms with Crippen LogP contribution in [0.1, 0.15) is 21.5 Å². The predicted molar refractivity (Wildman–Crippen MR) is 121 cm³/mol. The molecule has 0 unspecified atom stereocenters. The lowest BCUT2D eigenvalue weighted by molar-refractivity contribution is 0.102. The molecule has 0 aliphatic carbocycles. The van der Waals surface area contributed by atoms with Crippen LogP contribution in [0.2, 0.25) is 0 Å². The Kier molecular flexibility index (Phi) is 6.50. The Morgan fingerprint density at radius 1 is 0.839 bits per heavy atom. The van der Waals surface area contributed by atoms with Gasteiger partial charge in [-0.1, -0.05) is 12.1 Å². The highest BCUT2D eigenvalue weighted by Crippen LogP contribution is 2.27. The molecule has 0 atom stereocenters. The minimum absolute atomic E-state index is 0.0899. The van der Waals surface area contributed by atoms with Crippen molar-refractivity contribution in [2.24, 2.45) is 0 Å². The van der Waals surface area contributed by atoms with E-state index in [1.165, 1.54) is 32.4 Å². The van der Waals surface area contributed by atoms with E-state index in [1.54, 1.807) is 43.3 Å². The van der Waals surface area contributed by atoms with Gasteiger partial charge >= 0.3 is 0 Å². The molecule has 0 heterocycles. The summed E-state index contributed by atoms with van der Waals surface area (Å²) in [7, 11) is -0.802. The fraction of sp³-hybridized carbons (Fsp3) is 0.174. The fourth-order valence-electron chi connectivity index (χ4n) is 2.95. The molecule has 0 aliphatic heterocycles. The maximum atomic E-state index is 12.8. The standard InChI is InChI=1S/C23H24N2O5S/c1-15-5-12-22(30-4)21(13-15)24-23(26)17-7-6-16(2)20(14-17)25-31(27,28)19-10-8-18(29-3)9-11-19/h5-14,25H,1-4H3,(H,24,26). The lowest BCUT2D eigenvalue weighted by Gasteiger charge is -2.14. The van der Waals surface area contributed by atoms with Crippen LogP contribution in [0.5, 0.6) is 11.5 Å². The average Bonchev–Trinajstić information content (AvgIpc) is 2.75. The first kappa shape index (κ1) is 22.2. The summed E-state index contributed by atoms with van der Waals surface area (Å²) in [6.07, 6.45) is 0. The second-order valence-corrected chi connectivity index (χ2v) is 8.65. The summed E-state index contributed by atoms with van der Waals surface area (Å²) < 4.78 is 38.5. The molecule has 0 radical (unpaired) electrons. The van der Waals surface area contributed by atoms with Gasteiger partial charge in [0.1, 0.15) is 11.5 Å². The molecule has 0 saturated heterocycles. The van der Waals surface area contributed by atoms with Gasteiger partial charge in [0.05, 0.1) is 30.5 Å². The number of hydrogen-bond acceptors (Lipinski definition) is 5. The minimum atomic E-state index is -3.84. The minimum Gasteiger partial charge on any atom is -0.497 e. The monoisotopic (exact) mass is 440 g/mol. The summed E-state index contributed by atoms with van der Waals surface area (Å²) in [6.45, 7) is 3.67. The van der Waals surface area contributed by atoms with Gasteiger partial charge in [0, 0.05) is 5.56 Å². The number of methoxy groups -OCH3 is 2. The van der Waals surface area contributed by atoms with Crippen LogP contribution < -0.4 is 19.5 Å². The highest BCUT2D eigenvalue weighted by atomic mass is 32.2. The highest BCUT2D eigenvalue weighted by Gasteiger charge is 2.17. The van der Waals surface area contributed by atoms with Crippen LogP contribution in [0.4, 0.5) is 11.4 Å². The van der Waals surface area contributed by atoms with Crippen molar-refractivity contribution in [3.05, 3.63) is 77.4 Å². The Hall–Kier alpha value is -3.52. The van der Waals surface area contributed by atoms with E-state index in [0.717, 1.165) is 5.56 Å². The Labute approximate surface area is 182 Å². The van der Waals surface area contributed by atoms with Crippen LogP contribution in [0.3, 0.4) is 0 Å². The van der Waals surface area contributed by atoms with Crippen LogP contribution in [0.25, 0.3) is 0 Å². The number of rotatable bonds is 7. The molecule has 3 aromatic rings. The lowest BCUT2D eigenvalue weighted by atomic mass is 10.1. The van der Waals surface area contributed by atoms with Gasteiger partial charge < -0.3 is 14.8 Å². The Morgan fingerprint density at radius 2 is 1.55 bits per heavy atom. The zero-order valence-electron chi connectivity index (χ0n) is 17.7. The SMILES string of the molecule is COc1ccc(S(=O)(=O)Nc2cc(C(=O)Nc3cc(C)ccc3OC)ccc2C)cc1. The molecule has 3 aromatic carbocycles. The lowest BCUT2D eigenvalue weighted by Crippen LogP contribution is -2.16. The number of benzene rings is 3. The summed E-state index contributed by atoms with van der Waals surface area (Å²) >= 11 is 0. The van der Waals surface area contributed by atoms with E-state index in [-0.39, 0.29) is 10.8 Å². The molecule has 3 rings (SSSR count). The van der Waals surface area contributed by atoms with Crippen molar-refractivity contribution in [2.75, 3.05) is 24.3 Å². The summed E-state index contributed by atoms with van der Waals surface area (Å²) in [5, 5.41) is 2.82. The maximum Gasteiger partial charge on any atom is 0.261 e. The first-order valence-corrected chi connectivity index (χ1v) is 11.0. The Bertz CT molecular complexity index is 1210. The zero-order valence-corrected chi connectivity index (χ0v) is 18.5. The number of sulfonamides is 1. The molecule has 0 spiro atoms. The van der Waals surface area contributed by atoms with Gasteiger partial charge in [0.15, 0.2) is 0 Å². The number of amides is 1. The van der Waals surface area contributed by atoms with Gasteiger partial charge in [0.25, 0.3) is 15.9 Å². The molecule has 0 saturated carbocycles. The first-order valence-electron chi connectivity index (χ1n) is 9.47. The molecule has 7 nitrogen and oxygen atoms in total. The van der Waals surface area contributed by atoms with Crippen LogP contribution in [0, 0.1) is 13.8 Å². The van der Waals surface area contributed by atoms with E-state index in [0.29, 0.717) is 34.0 Å². The number of ether oxygens (including phenoxy) is 2. The van der Waals surface area contributed by atoms with E-state index in [1.807, 2.05) is 13.0 Å². The van der Waals surface area contributed by atoms with Crippen molar-refractivity contribution in [3.8, 4) is 11.5 Å². The van der Waals surface area contributed by atoms with Crippen molar-refractivity contribution in [3.63, 3.8) is 0 Å². The number of carbonyl (C=O) groups is 1. The summed E-state index contributed by atoms with van der Waals surface area (Å²) in [4.78, 5) is 12.9. The molecule has 0 bridgehead atoms. The second kappa shape index (κ2) is 9.09. The third-order valence-electron chi connectivity index (χ3n) is 4.72. The molecule has 0 aromatic heterocycles. The van der Waals surface area contributed by atoms with Gasteiger partial charge in [-0.3, -0.25) is 9.52 Å². The van der Waals surface area contributed by atoms with E-state index in [9.17, 15) is 13.2 Å². The number of hydrogen-bond donors (Lipinski definition) is 2. The smallest absolute Gasteiger partial charge is 0.261 e. The van der Waals surface area contributed by atoms with Gasteiger partial charge in [-0.15, -0.1) is 0 Å². The molecule has 31 heavy (non-hydrogen) atoms. The molecular weight excluding hydrogens is 416 g/mol. The topological polar surface area (TPSA) is 93.7 Å². The molecule has 0 aliphatic rings. The van der Waals surface area contributed by atoms with Gasteiger partial charge in [0.2, 0.25) is 0 Å². The van der Waals surface area contributed by atoms with E-state index < -0.39 is 10.0 Å². The van der Waals surface area contributed by atoms with E-state index in [4.69, 9.17) is 9.47 Å². The van der Waals surface area contributed by atoms with Crippen LogP contribution >= 0.6 is 0 Å². The zero-order chi connectivity index (χ0) is 22.6. The van der Waals surface area contributed by atoms with Crippen LogP contribution in [-0.2, 0) is 10.0 Å². The molecule has 162 valence electrons. The number of aryl methyl sites for hydroxylation is 2. The summed E-state index contributed by atoms with van der Waals surface area (Å²) in [5.74, 6) is 0.709. The largest absolute Gasteiger partial charge is 0.497 e. The molecule has 2 N–H and O–H groups in total. The number of nitrogens with one attached hydrogen (secondary N) is 2. The molecule has 1 amide bonds. The van der Waals surface area contributed by atoms with Crippen molar-refractivity contribution in [1.29, 1.82) is 0 Å². The summed E-state index contributed by atoms with van der Waals surface area (Å²) in [6, 6.07) is 16.3. The van der Waals surface area contributed by atoms with Gasteiger partial charge in [-0.25, -0.2) is 8.42 Å². The van der Waals surface area contributed by atoms with Crippen molar-refractivity contribution in [2.45, 2.75) is 18.7 Å². The second-order valence-electron chi connectivity index (χ2n) is 6.97. The summed E-state index contributed by atoms with van der Waals surface area (Å²) in [5.41, 5.74) is 2.81. The van der Waals surface area contributed by atoms with Crippen molar-refractivity contribution in [1.82, 2.24) is 0 Å². The van der Waals surface area contributed by atoms with Gasteiger partial charge in [-0.05, 0) is 73.5 Å². The Morgan fingerprint density at radius 3 is 2.19 bits per heavy atom. The number of carbonyl (C=O) groups excluding carboxylic acids is 1. The normalized spacial score (nSPS) is 11.0. The predicted octanol–water partition coefficient (Wildman–Crippen LogP) is 4.37. The van der Waals surface area contributed by atoms with E-state index >= 15 is 0 Å². The fourth-order valence-corrected chi connectivity index (χ4v) is 4.07. The third kappa shape index (κ3) is 5.16. The van der Waals surface area contributed by atoms with Crippen LogP contribution in [-0.4, -0.2) is 28.5 Å². The quantitative estimate of drug-likeness (QED) is 0.569. The third-order valence-corrected chi connectivity index (χ3v) is 6.10. The highest BCUT2D eigenvalue weighted by molar-refractivity contribution is 7.92. The Balaban J connectivity index is 1.86. The van der Waals surface area contributed by atoms with Crippen LogP contribution in [0.15, 0.2) is 65.6 Å².